The van der Waals surface area contributed by atoms with Gasteiger partial charge in [-0.25, -0.2) is 0 Å². The Labute approximate surface area is 135 Å². The minimum absolute atomic E-state index is 0.314. The van der Waals surface area contributed by atoms with Gasteiger partial charge in [-0.3, -0.25) is 0 Å². The molecule has 1 nitrogen and oxygen atoms in total. The van der Waals surface area contributed by atoms with Crippen LogP contribution in [0.15, 0.2) is 5.57 Å². The van der Waals surface area contributed by atoms with Crippen molar-refractivity contribution in [3.05, 3.63) is 11.3 Å². The average Bonchev–Trinajstić information content (AvgIpc) is 2.53. The van der Waals surface area contributed by atoms with Crippen LogP contribution in [0.5, 0.6) is 0 Å². The molecule has 0 bridgehead atoms. The molecule has 1 rings (SSSR count). The molecule has 0 unspecified atom stereocenters. The highest BCUT2D eigenvalue weighted by atomic mass is 28.4. The van der Waals surface area contributed by atoms with Gasteiger partial charge in [-0.15, -0.1) is 5.54 Å². The van der Waals surface area contributed by atoms with Crippen LogP contribution in [0.2, 0.25) is 58.9 Å². The van der Waals surface area contributed by atoms with Gasteiger partial charge in [-0.1, -0.05) is 50.9 Å². The molecule has 1 atom stereocenters. The molecule has 0 amide bonds. The van der Waals surface area contributed by atoms with Gasteiger partial charge in [0.05, 0.1) is 8.07 Å². The molecule has 0 heterocycles. The number of rotatable bonds is 3. The number of hydrogen-bond acceptors (Lipinski definition) is 1. The minimum Gasteiger partial charge on any atom is -0.398 e. The zero-order valence-electron chi connectivity index (χ0n) is 15.5. The van der Waals surface area contributed by atoms with Gasteiger partial charge >= 0.3 is 0 Å². The Bertz CT molecular complexity index is 463. The Morgan fingerprint density at radius 2 is 1.48 bits per heavy atom. The van der Waals surface area contributed by atoms with Crippen LogP contribution in [0.1, 0.15) is 19.3 Å². The van der Waals surface area contributed by atoms with E-state index in [1.165, 1.54) is 12.0 Å². The molecular weight excluding hydrogens is 304 g/mol. The second-order valence-corrected chi connectivity index (χ2v) is 23.2. The van der Waals surface area contributed by atoms with Gasteiger partial charge in [0.15, 0.2) is 8.32 Å². The van der Waals surface area contributed by atoms with Crippen molar-refractivity contribution in [1.29, 1.82) is 0 Å². The summed E-state index contributed by atoms with van der Waals surface area (Å²) in [6.07, 6.45) is 3.37. The van der Waals surface area contributed by atoms with Crippen molar-refractivity contribution in [1.82, 2.24) is 0 Å². The van der Waals surface area contributed by atoms with E-state index in [4.69, 9.17) is 4.43 Å². The van der Waals surface area contributed by atoms with Crippen molar-refractivity contribution >= 4 is 24.5 Å². The second kappa shape index (κ2) is 6.19. The van der Waals surface area contributed by atoms with E-state index in [0.717, 1.165) is 12.8 Å². The Hall–Kier alpha value is -0.0894. The standard InChI is InChI=1S/C17H33OSi3/c1-19(2,3)14-13-17(18-21(7,8)9)12-10-11-16(17)15-20(4,5)6/h10-12H2,1-9H3/t17-/m0/s1. The van der Waals surface area contributed by atoms with E-state index < -0.39 is 24.5 Å². The Morgan fingerprint density at radius 3 is 1.90 bits per heavy atom. The summed E-state index contributed by atoms with van der Waals surface area (Å²) in [5.41, 5.74) is 8.47. The first-order valence-electron chi connectivity index (χ1n) is 8.12. The third-order valence-corrected chi connectivity index (χ3v) is 5.98. The zero-order valence-corrected chi connectivity index (χ0v) is 18.5. The molecule has 1 radical (unpaired) electrons. The summed E-state index contributed by atoms with van der Waals surface area (Å²) in [6.45, 7) is 20.8. The van der Waals surface area contributed by atoms with Crippen LogP contribution in [0, 0.1) is 17.2 Å². The fourth-order valence-corrected chi connectivity index (χ4v) is 5.70. The summed E-state index contributed by atoms with van der Waals surface area (Å²) >= 11 is 0. The molecule has 0 N–H and O–H groups in total. The molecule has 1 fully saturated rings. The van der Waals surface area contributed by atoms with Crippen molar-refractivity contribution in [3.63, 3.8) is 0 Å². The third kappa shape index (κ3) is 6.68. The van der Waals surface area contributed by atoms with Gasteiger partial charge in [0.2, 0.25) is 0 Å². The van der Waals surface area contributed by atoms with E-state index in [1.54, 1.807) is 0 Å². The second-order valence-electron chi connectivity index (χ2n) is 9.25. The van der Waals surface area contributed by atoms with E-state index in [-0.39, 0.29) is 5.60 Å². The summed E-state index contributed by atoms with van der Waals surface area (Å²) in [4.78, 5) is 0. The van der Waals surface area contributed by atoms with E-state index in [0.29, 0.717) is 0 Å². The molecule has 0 spiro atoms. The Kier molecular flexibility index (Phi) is 5.59. The van der Waals surface area contributed by atoms with Crippen molar-refractivity contribution in [2.24, 2.45) is 0 Å². The van der Waals surface area contributed by atoms with Crippen LogP contribution in [-0.2, 0) is 4.43 Å². The van der Waals surface area contributed by atoms with Gasteiger partial charge < -0.3 is 4.43 Å². The molecule has 0 aromatic heterocycles. The highest BCUT2D eigenvalue weighted by Gasteiger charge is 2.42. The van der Waals surface area contributed by atoms with E-state index >= 15 is 0 Å². The van der Waals surface area contributed by atoms with Gasteiger partial charge in [0.25, 0.3) is 0 Å². The molecule has 0 aromatic rings. The molecular formula is C17H33OSi3. The molecule has 119 valence electrons. The van der Waals surface area contributed by atoms with Gasteiger partial charge in [0, 0.05) is 0 Å². The van der Waals surface area contributed by atoms with Crippen molar-refractivity contribution in [2.45, 2.75) is 83.8 Å². The maximum absolute atomic E-state index is 6.65. The quantitative estimate of drug-likeness (QED) is 0.505. The number of hydrogen-bond donors (Lipinski definition) is 0. The van der Waals surface area contributed by atoms with E-state index in [9.17, 15) is 0 Å². The lowest BCUT2D eigenvalue weighted by atomic mass is 10.00. The maximum Gasteiger partial charge on any atom is 0.186 e. The molecule has 4 heteroatoms. The largest absolute Gasteiger partial charge is 0.398 e. The van der Waals surface area contributed by atoms with Gasteiger partial charge in [0.1, 0.15) is 13.7 Å². The van der Waals surface area contributed by atoms with Crippen molar-refractivity contribution in [3.8, 4) is 11.5 Å². The summed E-state index contributed by atoms with van der Waals surface area (Å²) in [5.74, 6) is 3.61. The third-order valence-electron chi connectivity index (χ3n) is 3.09. The first kappa shape index (κ1) is 19.0. The monoisotopic (exact) mass is 337 g/mol. The molecule has 0 aromatic carbocycles. The summed E-state index contributed by atoms with van der Waals surface area (Å²) in [7, 11) is -4.40. The average molecular weight is 338 g/mol. The van der Waals surface area contributed by atoms with Crippen molar-refractivity contribution in [2.75, 3.05) is 0 Å². The zero-order chi connectivity index (χ0) is 16.5. The Morgan fingerprint density at radius 1 is 0.905 bits per heavy atom. The van der Waals surface area contributed by atoms with Crippen LogP contribution in [0.25, 0.3) is 0 Å². The van der Waals surface area contributed by atoms with Crippen molar-refractivity contribution < 1.29 is 4.43 Å². The molecule has 21 heavy (non-hydrogen) atoms. The van der Waals surface area contributed by atoms with E-state index in [1.807, 2.05) is 0 Å². The molecule has 0 saturated heterocycles. The first-order valence-corrected chi connectivity index (χ1v) is 18.5. The van der Waals surface area contributed by atoms with Gasteiger partial charge in [-0.05, 0) is 44.5 Å². The predicted octanol–water partition coefficient (Wildman–Crippen LogP) is 5.25. The first-order chi connectivity index (χ1) is 9.23. The Balaban J connectivity index is 3.30. The van der Waals surface area contributed by atoms with Crippen LogP contribution in [-0.4, -0.2) is 30.1 Å². The fraction of sp³-hybridized carbons (Fsp3) is 0.765. The molecule has 0 aliphatic heterocycles. The molecule has 1 saturated carbocycles. The van der Waals surface area contributed by atoms with E-state index in [2.05, 4.69) is 76.1 Å². The summed E-state index contributed by atoms with van der Waals surface area (Å²) in [5, 5.41) is 0. The highest BCUT2D eigenvalue weighted by molar-refractivity contribution is 6.84. The lowest BCUT2D eigenvalue weighted by Gasteiger charge is -2.34. The lowest BCUT2D eigenvalue weighted by Crippen LogP contribution is -2.42. The smallest absolute Gasteiger partial charge is 0.186 e. The summed E-state index contributed by atoms with van der Waals surface area (Å²) < 4.78 is 6.65. The van der Waals surface area contributed by atoms with Crippen LogP contribution >= 0.6 is 0 Å². The van der Waals surface area contributed by atoms with Crippen LogP contribution in [0.3, 0.4) is 0 Å². The highest BCUT2D eigenvalue weighted by Crippen LogP contribution is 2.40. The summed E-state index contributed by atoms with van der Waals surface area (Å²) in [6, 6.07) is 0. The lowest BCUT2D eigenvalue weighted by molar-refractivity contribution is 0.167. The predicted molar refractivity (Wildman–Crippen MR) is 102 cm³/mol. The topological polar surface area (TPSA) is 9.23 Å². The minimum atomic E-state index is -1.64. The van der Waals surface area contributed by atoms with Crippen LogP contribution in [0.4, 0.5) is 0 Å². The SMILES string of the molecule is C[Si](C)(C)[C]=C1CCC[C@@]1(C#C[Si](C)(C)C)O[Si](C)(C)C. The molecule has 1 aliphatic carbocycles. The molecule has 1 aliphatic rings. The van der Waals surface area contributed by atoms with Crippen LogP contribution < -0.4 is 0 Å². The maximum atomic E-state index is 6.65. The normalized spacial score (nSPS) is 25.9. The van der Waals surface area contributed by atoms with Gasteiger partial charge in [-0.2, -0.15) is 0 Å². The fourth-order valence-electron chi connectivity index (χ4n) is 2.57.